The molecule has 0 aliphatic rings. The Bertz CT molecular complexity index is 750. The molecule has 0 aliphatic carbocycles. The van der Waals surface area contributed by atoms with Crippen LogP contribution in [0.3, 0.4) is 0 Å². The zero-order valence-electron chi connectivity index (χ0n) is 13.1. The molecule has 0 spiro atoms. The van der Waals surface area contributed by atoms with E-state index in [9.17, 15) is 18.0 Å². The van der Waals surface area contributed by atoms with Crippen molar-refractivity contribution in [2.75, 3.05) is 12.4 Å². The zero-order valence-corrected chi connectivity index (χ0v) is 13.1. The molecule has 0 aromatic heterocycles. The first-order valence-corrected chi connectivity index (χ1v) is 7.10. The van der Waals surface area contributed by atoms with E-state index >= 15 is 0 Å². The Morgan fingerprint density at radius 2 is 1.79 bits per heavy atom. The van der Waals surface area contributed by atoms with Crippen molar-refractivity contribution in [3.8, 4) is 5.75 Å². The van der Waals surface area contributed by atoms with Crippen molar-refractivity contribution >= 4 is 17.7 Å². The topological polar surface area (TPSA) is 38.3 Å². The average molecular weight is 335 g/mol. The van der Waals surface area contributed by atoms with Crippen molar-refractivity contribution < 1.29 is 22.7 Å². The Kier molecular flexibility index (Phi) is 5.28. The molecule has 2 rings (SSSR count). The fourth-order valence-electron chi connectivity index (χ4n) is 2.08. The number of hydrogen-bond donors (Lipinski definition) is 1. The lowest BCUT2D eigenvalue weighted by atomic mass is 10.1. The molecule has 6 heteroatoms. The molecule has 0 fully saturated rings. The minimum Gasteiger partial charge on any atom is -0.496 e. The largest absolute Gasteiger partial charge is 0.496 e. The predicted octanol–water partition coefficient (Wildman–Crippen LogP) is 4.67. The molecule has 3 nitrogen and oxygen atoms in total. The number of hydrogen-bond acceptors (Lipinski definition) is 2. The van der Waals surface area contributed by atoms with Gasteiger partial charge in [0.25, 0.3) is 0 Å². The number of benzene rings is 2. The van der Waals surface area contributed by atoms with Gasteiger partial charge >= 0.3 is 6.18 Å². The smallest absolute Gasteiger partial charge is 0.416 e. The van der Waals surface area contributed by atoms with Crippen LogP contribution in [0.4, 0.5) is 18.9 Å². The highest BCUT2D eigenvalue weighted by molar-refractivity contribution is 6.02. The van der Waals surface area contributed by atoms with Gasteiger partial charge in [-0.3, -0.25) is 4.79 Å². The SMILES string of the molecule is COc1ccc(C)cc1/C=C/C(=O)Nc1ccc(C(F)(F)F)cc1. The van der Waals surface area contributed by atoms with Crippen molar-refractivity contribution in [2.45, 2.75) is 13.1 Å². The number of alkyl halides is 3. The van der Waals surface area contributed by atoms with Gasteiger partial charge in [-0.1, -0.05) is 11.6 Å². The second-order valence-electron chi connectivity index (χ2n) is 5.14. The summed E-state index contributed by atoms with van der Waals surface area (Å²) in [7, 11) is 1.53. The van der Waals surface area contributed by atoms with Crippen LogP contribution >= 0.6 is 0 Å². The summed E-state index contributed by atoms with van der Waals surface area (Å²) in [4.78, 5) is 11.9. The van der Waals surface area contributed by atoms with Crippen molar-refractivity contribution in [1.29, 1.82) is 0 Å². The van der Waals surface area contributed by atoms with Gasteiger partial charge in [0.15, 0.2) is 0 Å². The molecular formula is C18H16F3NO2. The van der Waals surface area contributed by atoms with Gasteiger partial charge < -0.3 is 10.1 Å². The number of carbonyl (C=O) groups excluding carboxylic acids is 1. The average Bonchev–Trinajstić information content (AvgIpc) is 2.53. The number of nitrogens with one attached hydrogen (secondary N) is 1. The van der Waals surface area contributed by atoms with E-state index in [2.05, 4.69) is 5.32 Å². The number of amides is 1. The first-order valence-electron chi connectivity index (χ1n) is 7.10. The maximum atomic E-state index is 12.5. The number of ether oxygens (including phenoxy) is 1. The maximum Gasteiger partial charge on any atom is 0.416 e. The lowest BCUT2D eigenvalue weighted by Gasteiger charge is -2.08. The van der Waals surface area contributed by atoms with Crippen LogP contribution in [-0.4, -0.2) is 13.0 Å². The number of methoxy groups -OCH3 is 1. The molecule has 0 heterocycles. The van der Waals surface area contributed by atoms with Gasteiger partial charge in [-0.05, 0) is 49.4 Å². The summed E-state index contributed by atoms with van der Waals surface area (Å²) in [5.41, 5.74) is 1.27. The van der Waals surface area contributed by atoms with Gasteiger partial charge in [-0.25, -0.2) is 0 Å². The van der Waals surface area contributed by atoms with Crippen molar-refractivity contribution in [3.05, 3.63) is 65.2 Å². The Balaban J connectivity index is 2.07. The molecule has 2 aromatic rings. The molecule has 0 radical (unpaired) electrons. The quantitative estimate of drug-likeness (QED) is 0.824. The van der Waals surface area contributed by atoms with Crippen LogP contribution in [0.1, 0.15) is 16.7 Å². The Hall–Kier alpha value is -2.76. The number of rotatable bonds is 4. The van der Waals surface area contributed by atoms with Crippen LogP contribution < -0.4 is 10.1 Å². The van der Waals surface area contributed by atoms with Crippen molar-refractivity contribution in [3.63, 3.8) is 0 Å². The second-order valence-corrected chi connectivity index (χ2v) is 5.14. The van der Waals surface area contributed by atoms with E-state index in [1.54, 1.807) is 12.1 Å². The molecule has 0 saturated heterocycles. The maximum absolute atomic E-state index is 12.5. The highest BCUT2D eigenvalue weighted by atomic mass is 19.4. The molecule has 0 aliphatic heterocycles. The van der Waals surface area contributed by atoms with E-state index in [4.69, 9.17) is 4.74 Å². The number of aryl methyl sites for hydroxylation is 1. The summed E-state index contributed by atoms with van der Waals surface area (Å²) in [6.07, 6.45) is -1.51. The lowest BCUT2D eigenvalue weighted by Crippen LogP contribution is -2.09. The third-order valence-corrected chi connectivity index (χ3v) is 3.28. The molecule has 0 atom stereocenters. The summed E-state index contributed by atoms with van der Waals surface area (Å²) < 4.78 is 42.7. The first kappa shape index (κ1) is 17.6. The Labute approximate surface area is 137 Å². The second kappa shape index (κ2) is 7.21. The highest BCUT2D eigenvalue weighted by Crippen LogP contribution is 2.29. The minimum absolute atomic E-state index is 0.286. The summed E-state index contributed by atoms with van der Waals surface area (Å²) in [5.74, 6) is 0.178. The fourth-order valence-corrected chi connectivity index (χ4v) is 2.08. The molecule has 126 valence electrons. The standard InChI is InChI=1S/C18H16F3NO2/c1-12-3-9-16(24-2)13(11-12)4-10-17(23)22-15-7-5-14(6-8-15)18(19,20)21/h3-11H,1-2H3,(H,22,23)/b10-4+. The highest BCUT2D eigenvalue weighted by Gasteiger charge is 2.29. The van der Waals surface area contributed by atoms with Crippen LogP contribution in [0.25, 0.3) is 6.08 Å². The van der Waals surface area contributed by atoms with Crippen LogP contribution in [0.2, 0.25) is 0 Å². The molecule has 24 heavy (non-hydrogen) atoms. The van der Waals surface area contributed by atoms with Gasteiger partial charge in [-0.2, -0.15) is 13.2 Å². The monoisotopic (exact) mass is 335 g/mol. The van der Waals surface area contributed by atoms with E-state index in [-0.39, 0.29) is 5.69 Å². The van der Waals surface area contributed by atoms with Crippen LogP contribution in [0.5, 0.6) is 5.75 Å². The van der Waals surface area contributed by atoms with E-state index in [0.29, 0.717) is 5.75 Å². The summed E-state index contributed by atoms with van der Waals surface area (Å²) in [5, 5.41) is 2.51. The number of anilines is 1. The number of halogens is 3. The van der Waals surface area contributed by atoms with Crippen LogP contribution in [0.15, 0.2) is 48.5 Å². The normalized spacial score (nSPS) is 11.5. The number of carbonyl (C=O) groups is 1. The molecular weight excluding hydrogens is 319 g/mol. The zero-order chi connectivity index (χ0) is 17.7. The third-order valence-electron chi connectivity index (χ3n) is 3.28. The van der Waals surface area contributed by atoms with E-state index in [1.807, 2.05) is 19.1 Å². The van der Waals surface area contributed by atoms with Gasteiger partial charge in [0.2, 0.25) is 5.91 Å². The molecule has 1 N–H and O–H groups in total. The fraction of sp³-hybridized carbons (Fsp3) is 0.167. The molecule has 2 aromatic carbocycles. The van der Waals surface area contributed by atoms with E-state index in [0.717, 1.165) is 23.3 Å². The van der Waals surface area contributed by atoms with E-state index < -0.39 is 17.6 Å². The van der Waals surface area contributed by atoms with Crippen LogP contribution in [-0.2, 0) is 11.0 Å². The Morgan fingerprint density at radius 3 is 2.38 bits per heavy atom. The summed E-state index contributed by atoms with van der Waals surface area (Å²) >= 11 is 0. The summed E-state index contributed by atoms with van der Waals surface area (Å²) in [6, 6.07) is 9.80. The van der Waals surface area contributed by atoms with Crippen molar-refractivity contribution in [1.82, 2.24) is 0 Å². The van der Waals surface area contributed by atoms with Gasteiger partial charge in [0.05, 0.1) is 12.7 Å². The first-order chi connectivity index (χ1) is 11.3. The van der Waals surface area contributed by atoms with Gasteiger partial charge in [0.1, 0.15) is 5.75 Å². The molecule has 0 bridgehead atoms. The predicted molar refractivity (Wildman–Crippen MR) is 86.8 cm³/mol. The van der Waals surface area contributed by atoms with Crippen molar-refractivity contribution in [2.24, 2.45) is 0 Å². The van der Waals surface area contributed by atoms with Crippen LogP contribution in [0, 0.1) is 6.92 Å². The minimum atomic E-state index is -4.40. The molecule has 0 saturated carbocycles. The lowest BCUT2D eigenvalue weighted by molar-refractivity contribution is -0.137. The molecule has 1 amide bonds. The third kappa shape index (κ3) is 4.62. The van der Waals surface area contributed by atoms with Gasteiger partial charge in [-0.15, -0.1) is 0 Å². The Morgan fingerprint density at radius 1 is 1.12 bits per heavy atom. The molecule has 0 unspecified atom stereocenters. The summed E-state index contributed by atoms with van der Waals surface area (Å²) in [6.45, 7) is 1.92. The van der Waals surface area contributed by atoms with E-state index in [1.165, 1.54) is 25.3 Å². The van der Waals surface area contributed by atoms with Gasteiger partial charge in [0, 0.05) is 17.3 Å².